The monoisotopic (exact) mass is 284 g/mol. The van der Waals surface area contributed by atoms with E-state index in [4.69, 9.17) is 0 Å². The molecule has 0 saturated heterocycles. The fraction of sp³-hybridized carbons (Fsp3) is 0.474. The van der Waals surface area contributed by atoms with Crippen molar-refractivity contribution in [2.75, 3.05) is 0 Å². The van der Waals surface area contributed by atoms with Gasteiger partial charge in [-0.05, 0) is 32.3 Å². The van der Waals surface area contributed by atoms with Crippen molar-refractivity contribution in [3.05, 3.63) is 52.2 Å². The Morgan fingerprint density at radius 2 is 1.45 bits per heavy atom. The molecule has 2 rings (SSSR count). The van der Waals surface area contributed by atoms with Gasteiger partial charge in [0, 0.05) is 0 Å². The predicted molar refractivity (Wildman–Crippen MR) is 93.0 cm³/mol. The Morgan fingerprint density at radius 3 is 1.85 bits per heavy atom. The first kappa shape index (κ1) is 15.3. The molecule has 0 aliphatic heterocycles. The zero-order chi connectivity index (χ0) is 14.9. The van der Waals surface area contributed by atoms with E-state index < -0.39 is 8.07 Å². The number of hydrogen-bond donors (Lipinski definition) is 0. The third-order valence-electron chi connectivity index (χ3n) is 5.69. The van der Waals surface area contributed by atoms with Crippen LogP contribution in [0.2, 0.25) is 12.1 Å². The van der Waals surface area contributed by atoms with Gasteiger partial charge in [0.1, 0.15) is 8.07 Å². The van der Waals surface area contributed by atoms with Gasteiger partial charge >= 0.3 is 0 Å². The summed E-state index contributed by atoms with van der Waals surface area (Å²) in [6, 6.07) is 13.9. The lowest BCUT2D eigenvalue weighted by atomic mass is 10.1. The van der Waals surface area contributed by atoms with Crippen LogP contribution in [0, 0.1) is 5.92 Å². The number of allylic oxidation sites excluding steroid dienone is 4. The minimum Gasteiger partial charge on any atom is -0.0672 e. The molecule has 0 saturated carbocycles. The average molecular weight is 285 g/mol. The van der Waals surface area contributed by atoms with Crippen molar-refractivity contribution in [3.8, 4) is 0 Å². The summed E-state index contributed by atoms with van der Waals surface area (Å²) in [5, 5.41) is 3.41. The molecule has 0 nitrogen and oxygen atoms in total. The van der Waals surface area contributed by atoms with E-state index in [2.05, 4.69) is 71.9 Å². The molecule has 0 aromatic heterocycles. The van der Waals surface area contributed by atoms with E-state index in [0.29, 0.717) is 5.92 Å². The summed E-state index contributed by atoms with van der Waals surface area (Å²) in [5.74, 6) is 0.641. The molecular weight excluding hydrogens is 256 g/mol. The van der Waals surface area contributed by atoms with Crippen molar-refractivity contribution in [2.45, 2.75) is 53.6 Å². The molecule has 20 heavy (non-hydrogen) atoms. The summed E-state index contributed by atoms with van der Waals surface area (Å²) >= 11 is 0. The van der Waals surface area contributed by atoms with Gasteiger partial charge in [-0.3, -0.25) is 0 Å². The van der Waals surface area contributed by atoms with E-state index in [0.717, 1.165) is 0 Å². The SMILES string of the molecule is CC[Si](CC)(C1=C(C)C(C)=C(C)C1C)c1ccccc1. The smallest absolute Gasteiger partial charge is 0.0672 e. The highest BCUT2D eigenvalue weighted by Crippen LogP contribution is 2.43. The molecule has 1 atom stereocenters. The molecule has 1 aromatic carbocycles. The standard InChI is InChI=1S/C19H28Si/c1-7-20(8-2,18-12-10-9-11-13-18)19-16(5)14(3)15(4)17(19)6/h9-13,16H,7-8H2,1-6H3. The van der Waals surface area contributed by atoms with Crippen LogP contribution in [-0.2, 0) is 0 Å². The average Bonchev–Trinajstić information content (AvgIpc) is 2.68. The van der Waals surface area contributed by atoms with Gasteiger partial charge in [0.15, 0.2) is 0 Å². The van der Waals surface area contributed by atoms with Crippen molar-refractivity contribution < 1.29 is 0 Å². The van der Waals surface area contributed by atoms with Gasteiger partial charge in [0.2, 0.25) is 0 Å². The Hall–Kier alpha value is -1.08. The first-order valence-corrected chi connectivity index (χ1v) is 10.4. The van der Waals surface area contributed by atoms with Crippen LogP contribution in [0.1, 0.15) is 41.5 Å². The van der Waals surface area contributed by atoms with Crippen LogP contribution < -0.4 is 5.19 Å². The largest absolute Gasteiger partial charge is 0.114 e. The molecular formula is C19H28Si. The zero-order valence-electron chi connectivity index (χ0n) is 13.9. The molecule has 0 heterocycles. The normalized spacial score (nSPS) is 20.0. The molecule has 1 unspecified atom stereocenters. The van der Waals surface area contributed by atoms with E-state index >= 15 is 0 Å². The fourth-order valence-electron chi connectivity index (χ4n) is 4.09. The van der Waals surface area contributed by atoms with Crippen LogP contribution in [-0.4, -0.2) is 8.07 Å². The van der Waals surface area contributed by atoms with Crippen LogP contribution >= 0.6 is 0 Å². The van der Waals surface area contributed by atoms with Crippen LogP contribution in [0.25, 0.3) is 0 Å². The van der Waals surface area contributed by atoms with Crippen LogP contribution in [0.3, 0.4) is 0 Å². The summed E-state index contributed by atoms with van der Waals surface area (Å²) in [4.78, 5) is 0. The molecule has 108 valence electrons. The molecule has 0 amide bonds. The van der Waals surface area contributed by atoms with Crippen molar-refractivity contribution in [1.82, 2.24) is 0 Å². The second kappa shape index (κ2) is 5.73. The van der Waals surface area contributed by atoms with Gasteiger partial charge in [-0.2, -0.15) is 0 Å². The predicted octanol–water partition coefficient (Wildman–Crippen LogP) is 5.22. The second-order valence-corrected chi connectivity index (χ2v) is 10.9. The highest BCUT2D eigenvalue weighted by atomic mass is 28.3. The first-order valence-electron chi connectivity index (χ1n) is 7.94. The molecule has 1 aromatic rings. The van der Waals surface area contributed by atoms with Crippen molar-refractivity contribution in [2.24, 2.45) is 5.92 Å². The Kier molecular flexibility index (Phi) is 4.39. The molecule has 0 N–H and O–H groups in total. The van der Waals surface area contributed by atoms with Gasteiger partial charge in [-0.15, -0.1) is 0 Å². The van der Waals surface area contributed by atoms with Gasteiger partial charge < -0.3 is 0 Å². The summed E-state index contributed by atoms with van der Waals surface area (Å²) in [5.41, 5.74) is 4.73. The second-order valence-electron chi connectivity index (χ2n) is 6.22. The van der Waals surface area contributed by atoms with E-state index in [1.165, 1.54) is 12.1 Å². The number of hydrogen-bond acceptors (Lipinski definition) is 0. The topological polar surface area (TPSA) is 0 Å². The Balaban J connectivity index is 2.63. The highest BCUT2D eigenvalue weighted by Gasteiger charge is 2.41. The molecule has 0 radical (unpaired) electrons. The summed E-state index contributed by atoms with van der Waals surface area (Å²) in [7, 11) is -1.56. The van der Waals surface area contributed by atoms with Gasteiger partial charge in [0.05, 0.1) is 0 Å². The van der Waals surface area contributed by atoms with Crippen LogP contribution in [0.5, 0.6) is 0 Å². The van der Waals surface area contributed by atoms with E-state index in [1.807, 2.05) is 0 Å². The maximum absolute atomic E-state index is 2.42. The summed E-state index contributed by atoms with van der Waals surface area (Å²) in [6.07, 6.45) is 0. The number of rotatable bonds is 4. The molecule has 0 bridgehead atoms. The van der Waals surface area contributed by atoms with Crippen molar-refractivity contribution in [1.29, 1.82) is 0 Å². The maximum atomic E-state index is 2.42. The fourth-order valence-corrected chi connectivity index (χ4v) is 9.26. The van der Waals surface area contributed by atoms with E-state index in [9.17, 15) is 0 Å². The molecule has 0 spiro atoms. The Bertz CT molecular complexity index is 544. The molecule has 1 heteroatoms. The summed E-state index contributed by atoms with van der Waals surface area (Å²) < 4.78 is 0. The molecule has 1 aliphatic rings. The third kappa shape index (κ3) is 2.12. The molecule has 1 aliphatic carbocycles. The Morgan fingerprint density at radius 1 is 0.900 bits per heavy atom. The third-order valence-corrected chi connectivity index (χ3v) is 11.4. The maximum Gasteiger partial charge on any atom is 0.114 e. The molecule has 0 fully saturated rings. The van der Waals surface area contributed by atoms with Gasteiger partial charge in [-0.1, -0.05) is 84.7 Å². The lowest BCUT2D eigenvalue weighted by molar-refractivity contribution is 0.844. The van der Waals surface area contributed by atoms with Crippen molar-refractivity contribution in [3.63, 3.8) is 0 Å². The van der Waals surface area contributed by atoms with Crippen LogP contribution in [0.4, 0.5) is 0 Å². The summed E-state index contributed by atoms with van der Waals surface area (Å²) in [6.45, 7) is 14.2. The minimum absolute atomic E-state index is 0.641. The lowest BCUT2D eigenvalue weighted by Crippen LogP contribution is -2.50. The minimum atomic E-state index is -1.56. The lowest BCUT2D eigenvalue weighted by Gasteiger charge is -2.36. The van der Waals surface area contributed by atoms with Crippen LogP contribution in [0.15, 0.2) is 52.2 Å². The quantitative estimate of drug-likeness (QED) is 0.665. The zero-order valence-corrected chi connectivity index (χ0v) is 14.9. The van der Waals surface area contributed by atoms with E-state index in [-0.39, 0.29) is 0 Å². The van der Waals surface area contributed by atoms with Gasteiger partial charge in [-0.25, -0.2) is 0 Å². The van der Waals surface area contributed by atoms with E-state index in [1.54, 1.807) is 27.1 Å². The number of benzene rings is 1. The first-order chi connectivity index (χ1) is 9.49. The Labute approximate surface area is 125 Å². The van der Waals surface area contributed by atoms with Crippen molar-refractivity contribution >= 4 is 13.3 Å². The highest BCUT2D eigenvalue weighted by molar-refractivity contribution is 6.97. The van der Waals surface area contributed by atoms with Gasteiger partial charge in [0.25, 0.3) is 0 Å².